The number of rotatable bonds is 6. The Morgan fingerprint density at radius 2 is 1.85 bits per heavy atom. The Morgan fingerprint density at radius 3 is 2.53 bits per heavy atom. The van der Waals surface area contributed by atoms with Crippen LogP contribution in [0.5, 0.6) is 0 Å². The summed E-state index contributed by atoms with van der Waals surface area (Å²) >= 11 is 12.2. The first-order chi connectivity index (χ1) is 16.1. The maximum atomic E-state index is 15.5. The van der Waals surface area contributed by atoms with Gasteiger partial charge < -0.3 is 0 Å². The minimum absolute atomic E-state index is 0.117. The van der Waals surface area contributed by atoms with E-state index in [9.17, 15) is 8.78 Å². The lowest BCUT2D eigenvalue weighted by Crippen LogP contribution is -2.21. The normalized spacial score (nSPS) is 13.3. The number of aromatic nitrogens is 3. The van der Waals surface area contributed by atoms with Gasteiger partial charge in [-0.05, 0) is 54.0 Å². The Hall–Kier alpha value is -3.09. The molecule has 4 rings (SSSR count). The van der Waals surface area contributed by atoms with Crippen molar-refractivity contribution in [3.05, 3.63) is 99.6 Å². The van der Waals surface area contributed by atoms with Gasteiger partial charge in [0, 0.05) is 12.5 Å². The van der Waals surface area contributed by atoms with Gasteiger partial charge in [-0.1, -0.05) is 71.4 Å². The average molecular weight is 502 g/mol. The lowest BCUT2D eigenvalue weighted by molar-refractivity contribution is 0.00668. The van der Waals surface area contributed by atoms with Crippen molar-refractivity contribution in [3.8, 4) is 5.69 Å². The van der Waals surface area contributed by atoms with Gasteiger partial charge in [-0.2, -0.15) is 0 Å². The Balaban J connectivity index is 1.83. The zero-order chi connectivity index (χ0) is 24.6. The third kappa shape index (κ3) is 4.61. The molecule has 174 valence electrons. The quantitative estimate of drug-likeness (QED) is 0.265. The Bertz CT molecular complexity index is 1400. The van der Waals surface area contributed by atoms with Gasteiger partial charge in [-0.25, -0.2) is 17.9 Å². The molecule has 0 bridgehead atoms. The van der Waals surface area contributed by atoms with Crippen LogP contribution in [0.1, 0.15) is 35.1 Å². The number of halogens is 5. The van der Waals surface area contributed by atoms with Crippen LogP contribution in [0.25, 0.3) is 28.6 Å². The standard InChI is InChI=1S/C26H20Cl2F3N3/c1-4-16-9-10-17(13-24(16)34-23-8-6-5-7-22(23)32-33-34)21(29)14-19(26(3,30)31)18-11-15(2)25(28)20(27)12-18/h4-14,19H,1H2,2-3H3/b21-14-. The van der Waals surface area contributed by atoms with Gasteiger partial charge in [0.2, 0.25) is 0 Å². The minimum atomic E-state index is -3.26. The summed E-state index contributed by atoms with van der Waals surface area (Å²) in [4.78, 5) is 0. The maximum Gasteiger partial charge on any atom is 0.255 e. The summed E-state index contributed by atoms with van der Waals surface area (Å²) in [6.07, 6.45) is 2.52. The molecule has 3 aromatic carbocycles. The van der Waals surface area contributed by atoms with Crippen molar-refractivity contribution in [1.29, 1.82) is 0 Å². The molecule has 0 fully saturated rings. The Kier molecular flexibility index (Phi) is 6.56. The molecule has 0 aliphatic rings. The van der Waals surface area contributed by atoms with Crippen molar-refractivity contribution < 1.29 is 13.2 Å². The van der Waals surface area contributed by atoms with E-state index in [1.54, 1.807) is 23.7 Å². The molecule has 0 aliphatic heterocycles. The van der Waals surface area contributed by atoms with Crippen molar-refractivity contribution in [2.45, 2.75) is 25.7 Å². The number of alkyl halides is 2. The second kappa shape index (κ2) is 9.28. The zero-order valence-electron chi connectivity index (χ0n) is 18.4. The van der Waals surface area contributed by atoms with Crippen LogP contribution < -0.4 is 0 Å². The van der Waals surface area contributed by atoms with Gasteiger partial charge in [0.15, 0.2) is 0 Å². The molecule has 1 atom stereocenters. The summed E-state index contributed by atoms with van der Waals surface area (Å²) in [5, 5.41) is 8.73. The zero-order valence-corrected chi connectivity index (χ0v) is 19.9. The first-order valence-corrected chi connectivity index (χ1v) is 11.1. The molecule has 1 unspecified atom stereocenters. The number of nitrogens with zero attached hydrogens (tertiary/aromatic N) is 3. The smallest absolute Gasteiger partial charge is 0.212 e. The van der Waals surface area contributed by atoms with Crippen LogP contribution in [-0.2, 0) is 0 Å². The molecule has 0 saturated carbocycles. The van der Waals surface area contributed by atoms with E-state index in [-0.39, 0.29) is 21.2 Å². The highest BCUT2D eigenvalue weighted by molar-refractivity contribution is 6.42. The molecule has 1 aromatic heterocycles. The topological polar surface area (TPSA) is 30.7 Å². The Labute approximate surface area is 205 Å². The predicted octanol–water partition coefficient (Wildman–Crippen LogP) is 8.43. The van der Waals surface area contributed by atoms with Crippen LogP contribution in [0.15, 0.2) is 67.3 Å². The van der Waals surface area contributed by atoms with E-state index >= 15 is 4.39 Å². The van der Waals surface area contributed by atoms with Crippen LogP contribution in [0.3, 0.4) is 0 Å². The maximum absolute atomic E-state index is 15.5. The van der Waals surface area contributed by atoms with Gasteiger partial charge in [0.1, 0.15) is 11.3 Å². The fourth-order valence-electron chi connectivity index (χ4n) is 3.81. The summed E-state index contributed by atoms with van der Waals surface area (Å²) < 4.78 is 46.2. The molecule has 0 N–H and O–H groups in total. The fourth-order valence-corrected chi connectivity index (χ4v) is 4.19. The average Bonchev–Trinajstić information content (AvgIpc) is 3.23. The van der Waals surface area contributed by atoms with Gasteiger partial charge in [-0.3, -0.25) is 0 Å². The molecular weight excluding hydrogens is 482 g/mol. The molecule has 0 aliphatic carbocycles. The first-order valence-electron chi connectivity index (χ1n) is 10.4. The van der Waals surface area contributed by atoms with Crippen LogP contribution in [-0.4, -0.2) is 20.9 Å². The number of aryl methyl sites for hydroxylation is 1. The highest BCUT2D eigenvalue weighted by Crippen LogP contribution is 2.40. The lowest BCUT2D eigenvalue weighted by Gasteiger charge is -2.22. The van der Waals surface area contributed by atoms with E-state index in [0.29, 0.717) is 22.3 Å². The summed E-state index contributed by atoms with van der Waals surface area (Å²) in [6.45, 7) is 6.21. The highest BCUT2D eigenvalue weighted by Gasteiger charge is 2.35. The van der Waals surface area contributed by atoms with Gasteiger partial charge in [-0.15, -0.1) is 5.10 Å². The second-order valence-electron chi connectivity index (χ2n) is 8.05. The monoisotopic (exact) mass is 501 g/mol. The first kappa shape index (κ1) is 24.0. The van der Waals surface area contributed by atoms with E-state index < -0.39 is 17.7 Å². The second-order valence-corrected chi connectivity index (χ2v) is 8.84. The van der Waals surface area contributed by atoms with Crippen molar-refractivity contribution in [2.75, 3.05) is 0 Å². The predicted molar refractivity (Wildman–Crippen MR) is 133 cm³/mol. The summed E-state index contributed by atoms with van der Waals surface area (Å²) in [6, 6.07) is 14.9. The Morgan fingerprint density at radius 1 is 1.12 bits per heavy atom. The third-order valence-corrected chi connectivity index (χ3v) is 6.45. The van der Waals surface area contributed by atoms with Crippen molar-refractivity contribution in [3.63, 3.8) is 0 Å². The number of para-hydroxylation sites is 1. The third-order valence-electron chi connectivity index (χ3n) is 5.56. The number of hydrogen-bond donors (Lipinski definition) is 0. The summed E-state index contributed by atoms with van der Waals surface area (Å²) in [5.74, 6) is -5.63. The molecule has 0 saturated heterocycles. The van der Waals surface area contributed by atoms with Crippen molar-refractivity contribution in [1.82, 2.24) is 15.0 Å². The number of allylic oxidation sites excluding steroid dienone is 1. The highest BCUT2D eigenvalue weighted by atomic mass is 35.5. The van der Waals surface area contributed by atoms with Crippen molar-refractivity contribution >= 4 is 46.1 Å². The van der Waals surface area contributed by atoms with E-state index in [2.05, 4.69) is 16.9 Å². The molecule has 0 spiro atoms. The van der Waals surface area contributed by atoms with E-state index in [1.807, 2.05) is 24.3 Å². The number of benzene rings is 3. The lowest BCUT2D eigenvalue weighted by atomic mass is 9.90. The van der Waals surface area contributed by atoms with Crippen molar-refractivity contribution in [2.24, 2.45) is 0 Å². The molecule has 0 radical (unpaired) electrons. The van der Waals surface area contributed by atoms with E-state index in [0.717, 1.165) is 18.5 Å². The molecule has 3 nitrogen and oxygen atoms in total. The molecule has 1 heterocycles. The number of hydrogen-bond acceptors (Lipinski definition) is 2. The molecule has 8 heteroatoms. The molecule has 34 heavy (non-hydrogen) atoms. The largest absolute Gasteiger partial charge is 0.255 e. The van der Waals surface area contributed by atoms with Crippen LogP contribution in [0.4, 0.5) is 13.2 Å². The fraction of sp³-hybridized carbons (Fsp3) is 0.154. The molecule has 0 amide bonds. The number of fused-ring (bicyclic) bond motifs is 1. The summed E-state index contributed by atoms with van der Waals surface area (Å²) in [7, 11) is 0. The van der Waals surface area contributed by atoms with E-state index in [4.69, 9.17) is 23.2 Å². The SMILES string of the molecule is C=Cc1ccc(/C(F)=C/C(c2cc(C)c(Cl)c(Cl)c2)C(C)(F)F)cc1-n1nnc2ccccc21. The van der Waals surface area contributed by atoms with Gasteiger partial charge in [0.25, 0.3) is 5.92 Å². The summed E-state index contributed by atoms with van der Waals surface area (Å²) in [5.41, 5.74) is 3.41. The van der Waals surface area contributed by atoms with Crippen LogP contribution in [0, 0.1) is 6.92 Å². The molecular formula is C26H20Cl2F3N3. The van der Waals surface area contributed by atoms with E-state index in [1.165, 1.54) is 24.3 Å². The minimum Gasteiger partial charge on any atom is -0.212 e. The van der Waals surface area contributed by atoms with Crippen LogP contribution in [0.2, 0.25) is 10.0 Å². The van der Waals surface area contributed by atoms with Gasteiger partial charge >= 0.3 is 0 Å². The van der Waals surface area contributed by atoms with Crippen LogP contribution >= 0.6 is 23.2 Å². The molecule has 4 aromatic rings. The van der Waals surface area contributed by atoms with Gasteiger partial charge in [0.05, 0.1) is 27.2 Å².